The zero-order chi connectivity index (χ0) is 58.4. The number of pyridine rings is 1. The largest absolute Gasteiger partial charge is 0.494 e. The van der Waals surface area contributed by atoms with Crippen molar-refractivity contribution in [3.63, 3.8) is 0 Å². The number of rotatable bonds is 22. The van der Waals surface area contributed by atoms with Crippen molar-refractivity contribution in [1.29, 1.82) is 5.26 Å². The third-order valence-electron chi connectivity index (χ3n) is 14.9. The number of carboxylic acids is 3. The fraction of sp³-hybridized carbons (Fsp3) is 0.589. The number of aliphatic carboxylic acids is 3. The van der Waals surface area contributed by atoms with Gasteiger partial charge in [0.25, 0.3) is 0 Å². The molecule has 2 amide bonds. The molecule has 438 valence electrons. The lowest BCUT2D eigenvalue weighted by atomic mass is 9.72. The molecule has 0 saturated carbocycles. The highest BCUT2D eigenvalue weighted by Crippen LogP contribution is 2.41. The van der Waals surface area contributed by atoms with E-state index in [1.807, 2.05) is 45.6 Å². The van der Waals surface area contributed by atoms with Crippen molar-refractivity contribution in [3.05, 3.63) is 77.2 Å². The Labute approximate surface area is 464 Å². The second-order valence-electron chi connectivity index (χ2n) is 22.2. The molecule has 0 radical (unpaired) electrons. The molecule has 80 heavy (non-hydrogen) atoms. The number of amides is 2. The number of aromatic nitrogens is 1. The molecule has 1 atom stereocenters. The second-order valence-corrected chi connectivity index (χ2v) is 22.2. The number of anilines is 1. The van der Waals surface area contributed by atoms with Crippen LogP contribution in [0.4, 0.5) is 23.2 Å². The molecule has 0 spiro atoms. The van der Waals surface area contributed by atoms with Gasteiger partial charge in [-0.25, -0.2) is 4.39 Å². The molecule has 1 aromatic heterocycles. The van der Waals surface area contributed by atoms with Crippen LogP contribution in [0.2, 0.25) is 0 Å². The molecule has 6 rings (SSSR count). The Morgan fingerprint density at radius 1 is 0.775 bits per heavy atom. The highest BCUT2D eigenvalue weighted by Gasteiger charge is 2.46. The van der Waals surface area contributed by atoms with E-state index in [0.717, 1.165) is 12.1 Å². The number of likely N-dealkylation sites (tertiary alicyclic amines) is 1. The highest BCUT2D eigenvalue weighted by atomic mass is 19.4. The maximum Gasteiger partial charge on any atom is 0.416 e. The van der Waals surface area contributed by atoms with Gasteiger partial charge in [0, 0.05) is 115 Å². The smallest absolute Gasteiger partial charge is 0.416 e. The molecule has 5 N–H and O–H groups in total. The van der Waals surface area contributed by atoms with E-state index in [-0.39, 0.29) is 127 Å². The molecule has 3 fully saturated rings. The molecule has 3 aliphatic rings. The van der Waals surface area contributed by atoms with Gasteiger partial charge in [0.15, 0.2) is 0 Å². The van der Waals surface area contributed by atoms with Gasteiger partial charge in [-0.2, -0.15) is 18.4 Å². The number of ether oxygens (including phenoxy) is 2. The first-order valence-electron chi connectivity index (χ1n) is 27.1. The summed E-state index contributed by atoms with van der Waals surface area (Å²) < 4.78 is 69.1. The molecule has 4 heterocycles. The third-order valence-corrected chi connectivity index (χ3v) is 14.9. The molecule has 1 unspecified atom stereocenters. The summed E-state index contributed by atoms with van der Waals surface area (Å²) >= 11 is 0. The van der Waals surface area contributed by atoms with Crippen molar-refractivity contribution in [2.45, 2.75) is 89.1 Å². The monoisotopic (exact) mass is 1120 g/mol. The van der Waals surface area contributed by atoms with Crippen molar-refractivity contribution in [1.82, 2.24) is 40.1 Å². The van der Waals surface area contributed by atoms with Crippen LogP contribution in [0.5, 0.6) is 5.75 Å². The average Bonchev–Trinajstić information content (AvgIpc) is 3.84. The van der Waals surface area contributed by atoms with E-state index < -0.39 is 52.0 Å². The van der Waals surface area contributed by atoms with Crippen LogP contribution in [-0.4, -0.2) is 216 Å². The van der Waals surface area contributed by atoms with Crippen molar-refractivity contribution >= 4 is 35.4 Å². The Kier molecular flexibility index (Phi) is 21.8. The molecule has 3 aromatic rings. The molecular weight excluding hydrogens is 1050 g/mol. The number of benzene rings is 2. The summed E-state index contributed by atoms with van der Waals surface area (Å²) in [5, 5.41) is 44.9. The number of halogens is 4. The van der Waals surface area contributed by atoms with Crippen molar-refractivity contribution in [2.75, 3.05) is 129 Å². The number of nitrogens with zero attached hydrogens (tertiary/aromatic N) is 8. The fourth-order valence-electron chi connectivity index (χ4n) is 10.7. The zero-order valence-corrected chi connectivity index (χ0v) is 46.3. The lowest BCUT2D eigenvalue weighted by Crippen LogP contribution is -2.54. The number of carboxylic acid groups (broad SMARTS) is 3. The number of nitrogens with one attached hydrogen (secondary N) is 2. The molecule has 20 nitrogen and oxygen atoms in total. The molecule has 2 aromatic carbocycles. The van der Waals surface area contributed by atoms with E-state index in [0.29, 0.717) is 74.7 Å². The number of piperidine rings is 1. The number of nitriles is 1. The minimum atomic E-state index is -4.64. The van der Waals surface area contributed by atoms with Crippen LogP contribution in [-0.2, 0) is 40.3 Å². The minimum Gasteiger partial charge on any atom is -0.494 e. The molecule has 3 saturated heterocycles. The van der Waals surface area contributed by atoms with Gasteiger partial charge in [0.2, 0.25) is 11.8 Å². The molecule has 24 heteroatoms. The van der Waals surface area contributed by atoms with Gasteiger partial charge >= 0.3 is 24.1 Å². The Morgan fingerprint density at radius 3 is 1.88 bits per heavy atom. The van der Waals surface area contributed by atoms with E-state index in [9.17, 15) is 57.7 Å². The lowest BCUT2D eigenvalue weighted by Gasteiger charge is -2.42. The van der Waals surface area contributed by atoms with Gasteiger partial charge < -0.3 is 40.3 Å². The van der Waals surface area contributed by atoms with E-state index in [4.69, 9.17) is 9.47 Å². The molecular formula is C56H76F4N10O10. The summed E-state index contributed by atoms with van der Waals surface area (Å²) in [5.74, 6) is -3.85. The third kappa shape index (κ3) is 18.3. The van der Waals surface area contributed by atoms with Crippen molar-refractivity contribution in [3.8, 4) is 23.1 Å². The predicted octanol–water partition coefficient (Wildman–Crippen LogP) is 4.46. The zero-order valence-electron chi connectivity index (χ0n) is 46.3. The van der Waals surface area contributed by atoms with Gasteiger partial charge in [-0.15, -0.1) is 0 Å². The Balaban J connectivity index is 1.06. The molecule has 3 aliphatic heterocycles. The average molecular weight is 1130 g/mol. The fourth-order valence-corrected chi connectivity index (χ4v) is 10.7. The SMILES string of the molecule is CCOc1cccc(-c2ncc(C3(C(=O)NC4CCN(CC(C)(C)OCCC(C)(C)NC(=O)CN5CCN(CC(=O)O)CCN(CC(=O)O)CCN(CC(=O)O)CC5)C4)CCN(c4ccc(C(F)(F)F)cc4C#N)CC3)cc2F)c1. The maximum absolute atomic E-state index is 16.2. The van der Waals surface area contributed by atoms with Gasteiger partial charge in [0.1, 0.15) is 23.3 Å². The van der Waals surface area contributed by atoms with Crippen LogP contribution in [0.15, 0.2) is 54.7 Å². The quantitative estimate of drug-likeness (QED) is 0.0872. The second kappa shape index (κ2) is 27.8. The number of hydrogen-bond donors (Lipinski definition) is 5. The van der Waals surface area contributed by atoms with Gasteiger partial charge in [-0.1, -0.05) is 12.1 Å². The summed E-state index contributed by atoms with van der Waals surface area (Å²) in [7, 11) is 0. The minimum absolute atomic E-state index is 0.0364. The normalized spacial score (nSPS) is 18.9. The Hall–Kier alpha value is -6.49. The number of carbonyl (C=O) groups excluding carboxylic acids is 2. The Bertz CT molecular complexity index is 2650. The van der Waals surface area contributed by atoms with Gasteiger partial charge in [-0.3, -0.25) is 53.5 Å². The number of carbonyl (C=O) groups is 5. The number of alkyl halides is 3. The molecule has 0 aliphatic carbocycles. The van der Waals surface area contributed by atoms with Crippen LogP contribution < -0.4 is 20.3 Å². The van der Waals surface area contributed by atoms with Crippen LogP contribution in [0, 0.1) is 17.1 Å². The summed E-state index contributed by atoms with van der Waals surface area (Å²) in [6.45, 7) is 13.5. The summed E-state index contributed by atoms with van der Waals surface area (Å²) in [5.41, 5.74) is -2.52. The highest BCUT2D eigenvalue weighted by molar-refractivity contribution is 5.89. The first kappa shape index (κ1) is 62.7. The summed E-state index contributed by atoms with van der Waals surface area (Å²) in [4.78, 5) is 78.8. The maximum atomic E-state index is 16.2. The van der Waals surface area contributed by atoms with Gasteiger partial charge in [-0.05, 0) is 102 Å². The van der Waals surface area contributed by atoms with E-state index in [1.165, 1.54) is 18.3 Å². The van der Waals surface area contributed by atoms with Crippen LogP contribution in [0.25, 0.3) is 11.3 Å². The summed E-state index contributed by atoms with van der Waals surface area (Å²) in [6, 6.07) is 12.8. The first-order chi connectivity index (χ1) is 37.8. The van der Waals surface area contributed by atoms with E-state index in [1.54, 1.807) is 43.9 Å². The van der Waals surface area contributed by atoms with Gasteiger partial charge in [0.05, 0.1) is 60.6 Å². The van der Waals surface area contributed by atoms with Crippen LogP contribution in [0.3, 0.4) is 0 Å². The topological polar surface area (TPSA) is 245 Å². The van der Waals surface area contributed by atoms with Crippen molar-refractivity contribution < 1.29 is 66.3 Å². The van der Waals surface area contributed by atoms with E-state index >= 15 is 4.39 Å². The predicted molar refractivity (Wildman–Crippen MR) is 289 cm³/mol. The molecule has 0 bridgehead atoms. The van der Waals surface area contributed by atoms with Crippen molar-refractivity contribution in [2.24, 2.45) is 0 Å². The Morgan fingerprint density at radius 2 is 1.35 bits per heavy atom. The van der Waals surface area contributed by atoms with E-state index in [2.05, 4.69) is 20.5 Å². The van der Waals surface area contributed by atoms with Crippen LogP contribution in [0.1, 0.15) is 77.0 Å². The van der Waals surface area contributed by atoms with Crippen LogP contribution >= 0.6 is 0 Å². The number of hydrogen-bond acceptors (Lipinski definition) is 15. The lowest BCUT2D eigenvalue weighted by molar-refractivity contribution is -0.140. The summed E-state index contributed by atoms with van der Waals surface area (Å²) in [6.07, 6.45) is -1.78. The first-order valence-corrected chi connectivity index (χ1v) is 27.1. The standard InChI is InChI=1S/C56H76F4N10O10/c1-6-79-44-9-7-8-39(29-44)51-45(57)30-42(32-62-51)55(13-17-70(18-14-55)46-11-10-41(56(58,59)60)28-40(46)31-61)52(78)63-43-12-16-69(33-43)38-54(4,5)80-27-15-53(2,3)64-47(71)34-65-19-21-66(35-48(72)73)23-25-68(37-50(76)77)26-24-67(22-20-65)36-49(74)75/h7-11,28-30,32,43H,6,12-27,33-38H2,1-5H3,(H,63,78)(H,64,71)(H,72,73)(H,74,75)(H,76,77).